The van der Waals surface area contributed by atoms with E-state index in [2.05, 4.69) is 46.7 Å². The first-order valence-corrected chi connectivity index (χ1v) is 11.1. The van der Waals surface area contributed by atoms with Crippen molar-refractivity contribution in [3.63, 3.8) is 0 Å². The lowest BCUT2D eigenvalue weighted by Gasteiger charge is -2.29. The number of benzene rings is 2. The van der Waals surface area contributed by atoms with Gasteiger partial charge in [0.25, 0.3) is 0 Å². The molecule has 160 valence electrons. The fraction of sp³-hybridized carbons (Fsp3) is 0.417. The Morgan fingerprint density at radius 1 is 1.13 bits per heavy atom. The SMILES string of the molecule is CCOC(=O)c1ccc(C)c(NC(=S)NC(C)c2ccc(N3CCCCC3)cc2)c1. The van der Waals surface area contributed by atoms with Gasteiger partial charge in [0.2, 0.25) is 0 Å². The number of ether oxygens (including phenoxy) is 1. The average molecular weight is 426 g/mol. The lowest BCUT2D eigenvalue weighted by atomic mass is 10.1. The second-order valence-corrected chi connectivity index (χ2v) is 8.12. The summed E-state index contributed by atoms with van der Waals surface area (Å²) in [6.07, 6.45) is 3.88. The van der Waals surface area contributed by atoms with Crippen LogP contribution in [0.15, 0.2) is 42.5 Å². The molecule has 1 unspecified atom stereocenters. The topological polar surface area (TPSA) is 53.6 Å². The van der Waals surface area contributed by atoms with Crippen LogP contribution in [0.2, 0.25) is 0 Å². The summed E-state index contributed by atoms with van der Waals surface area (Å²) in [5.41, 5.74) is 4.78. The molecule has 1 aliphatic heterocycles. The number of piperidine rings is 1. The van der Waals surface area contributed by atoms with Crippen LogP contribution in [-0.4, -0.2) is 30.8 Å². The fourth-order valence-corrected chi connectivity index (χ4v) is 3.95. The highest BCUT2D eigenvalue weighted by molar-refractivity contribution is 7.80. The molecule has 6 heteroatoms. The van der Waals surface area contributed by atoms with Gasteiger partial charge in [0.05, 0.1) is 18.2 Å². The Balaban J connectivity index is 1.60. The van der Waals surface area contributed by atoms with E-state index in [1.807, 2.05) is 13.0 Å². The molecule has 1 heterocycles. The zero-order valence-corrected chi connectivity index (χ0v) is 18.8. The molecule has 30 heavy (non-hydrogen) atoms. The molecule has 2 aromatic rings. The van der Waals surface area contributed by atoms with Crippen LogP contribution in [0.5, 0.6) is 0 Å². The van der Waals surface area contributed by atoms with Crippen LogP contribution in [0.25, 0.3) is 0 Å². The minimum absolute atomic E-state index is 0.0638. The van der Waals surface area contributed by atoms with E-state index in [1.165, 1.54) is 30.5 Å². The lowest BCUT2D eigenvalue weighted by molar-refractivity contribution is 0.0526. The first kappa shape index (κ1) is 22.1. The summed E-state index contributed by atoms with van der Waals surface area (Å²) in [6, 6.07) is 14.2. The summed E-state index contributed by atoms with van der Waals surface area (Å²) < 4.78 is 5.08. The number of aryl methyl sites for hydroxylation is 1. The monoisotopic (exact) mass is 425 g/mol. The molecule has 0 saturated carbocycles. The number of nitrogens with zero attached hydrogens (tertiary/aromatic N) is 1. The summed E-state index contributed by atoms with van der Waals surface area (Å²) in [4.78, 5) is 14.5. The molecular weight excluding hydrogens is 394 g/mol. The minimum atomic E-state index is -0.332. The van der Waals surface area contributed by atoms with Crippen LogP contribution in [0.3, 0.4) is 0 Å². The van der Waals surface area contributed by atoms with E-state index in [4.69, 9.17) is 17.0 Å². The number of rotatable bonds is 6. The Kier molecular flexibility index (Phi) is 7.69. The molecule has 0 spiro atoms. The summed E-state index contributed by atoms with van der Waals surface area (Å²) >= 11 is 5.51. The summed E-state index contributed by atoms with van der Waals surface area (Å²) in [7, 11) is 0. The van der Waals surface area contributed by atoms with Crippen molar-refractivity contribution in [2.45, 2.75) is 46.1 Å². The second-order valence-electron chi connectivity index (χ2n) is 7.71. The van der Waals surface area contributed by atoms with Crippen LogP contribution in [0.4, 0.5) is 11.4 Å². The fourth-order valence-electron chi connectivity index (χ4n) is 3.66. The van der Waals surface area contributed by atoms with Crippen LogP contribution < -0.4 is 15.5 Å². The Morgan fingerprint density at radius 3 is 2.50 bits per heavy atom. The largest absolute Gasteiger partial charge is 0.462 e. The Labute approximate surface area is 184 Å². The van der Waals surface area contributed by atoms with Gasteiger partial charge in [-0.05, 0) is 87.6 Å². The first-order chi connectivity index (χ1) is 14.5. The highest BCUT2D eigenvalue weighted by Crippen LogP contribution is 2.23. The van der Waals surface area contributed by atoms with Crippen molar-refractivity contribution >= 4 is 34.7 Å². The molecule has 1 saturated heterocycles. The second kappa shape index (κ2) is 10.4. The lowest BCUT2D eigenvalue weighted by Crippen LogP contribution is -2.31. The Bertz CT molecular complexity index is 877. The molecule has 2 aromatic carbocycles. The Morgan fingerprint density at radius 2 is 1.83 bits per heavy atom. The van der Waals surface area contributed by atoms with Crippen LogP contribution in [0, 0.1) is 6.92 Å². The first-order valence-electron chi connectivity index (χ1n) is 10.7. The molecule has 5 nitrogen and oxygen atoms in total. The number of thiocarbonyl (C=S) groups is 1. The average Bonchev–Trinajstić information content (AvgIpc) is 2.76. The van der Waals surface area contributed by atoms with E-state index >= 15 is 0 Å². The number of esters is 1. The maximum atomic E-state index is 12.0. The van der Waals surface area contributed by atoms with Crippen LogP contribution >= 0.6 is 12.2 Å². The molecule has 1 atom stereocenters. The van der Waals surface area contributed by atoms with Gasteiger partial charge in [-0.15, -0.1) is 0 Å². The summed E-state index contributed by atoms with van der Waals surface area (Å²) in [6.45, 7) is 8.50. The number of hydrogen-bond donors (Lipinski definition) is 2. The summed E-state index contributed by atoms with van der Waals surface area (Å²) in [5, 5.41) is 7.07. The van der Waals surface area contributed by atoms with Gasteiger partial charge in [-0.25, -0.2) is 4.79 Å². The standard InChI is InChI=1S/C24H31N3O2S/c1-4-29-23(28)20-9-8-17(2)22(16-20)26-24(30)25-18(3)19-10-12-21(13-11-19)27-14-6-5-7-15-27/h8-13,16,18H,4-7,14-15H2,1-3H3,(H2,25,26,30). The van der Waals surface area contributed by atoms with Gasteiger partial charge < -0.3 is 20.3 Å². The van der Waals surface area contributed by atoms with Crippen molar-refractivity contribution < 1.29 is 9.53 Å². The molecule has 0 amide bonds. The van der Waals surface area contributed by atoms with Gasteiger partial charge >= 0.3 is 5.97 Å². The van der Waals surface area contributed by atoms with Gasteiger partial charge in [-0.2, -0.15) is 0 Å². The third-order valence-corrected chi connectivity index (χ3v) is 5.68. The van der Waals surface area contributed by atoms with E-state index in [1.54, 1.807) is 19.1 Å². The maximum absolute atomic E-state index is 12.0. The molecule has 0 aromatic heterocycles. The molecule has 0 bridgehead atoms. The molecule has 3 rings (SSSR count). The number of carbonyl (C=O) groups is 1. The third kappa shape index (κ3) is 5.72. The molecule has 1 fully saturated rings. The van der Waals surface area contributed by atoms with E-state index in [9.17, 15) is 4.79 Å². The minimum Gasteiger partial charge on any atom is -0.462 e. The maximum Gasteiger partial charge on any atom is 0.338 e. The molecule has 0 aliphatic carbocycles. The van der Waals surface area contributed by atoms with Crippen molar-refractivity contribution in [1.29, 1.82) is 0 Å². The Hall–Kier alpha value is -2.60. The quantitative estimate of drug-likeness (QED) is 0.489. The van der Waals surface area contributed by atoms with Crippen molar-refractivity contribution in [3.8, 4) is 0 Å². The highest BCUT2D eigenvalue weighted by Gasteiger charge is 2.13. The van der Waals surface area contributed by atoms with E-state index in [0.29, 0.717) is 17.3 Å². The number of nitrogens with one attached hydrogen (secondary N) is 2. The molecule has 2 N–H and O–H groups in total. The number of hydrogen-bond acceptors (Lipinski definition) is 4. The van der Waals surface area contributed by atoms with Crippen molar-refractivity contribution in [2.24, 2.45) is 0 Å². The van der Waals surface area contributed by atoms with E-state index in [-0.39, 0.29) is 12.0 Å². The smallest absolute Gasteiger partial charge is 0.338 e. The normalized spacial score (nSPS) is 14.7. The van der Waals surface area contributed by atoms with E-state index < -0.39 is 0 Å². The zero-order chi connectivity index (χ0) is 21.5. The molecule has 0 radical (unpaired) electrons. The van der Waals surface area contributed by atoms with Crippen LogP contribution in [0.1, 0.15) is 60.6 Å². The number of carbonyl (C=O) groups excluding carboxylic acids is 1. The molecule has 1 aliphatic rings. The van der Waals surface area contributed by atoms with Crippen molar-refractivity contribution in [2.75, 3.05) is 29.9 Å². The van der Waals surface area contributed by atoms with E-state index in [0.717, 1.165) is 24.3 Å². The van der Waals surface area contributed by atoms with Gasteiger partial charge in [0.15, 0.2) is 5.11 Å². The predicted molar refractivity (Wildman–Crippen MR) is 127 cm³/mol. The van der Waals surface area contributed by atoms with Gasteiger partial charge in [0.1, 0.15) is 0 Å². The third-order valence-electron chi connectivity index (χ3n) is 5.46. The number of anilines is 2. The van der Waals surface area contributed by atoms with Crippen molar-refractivity contribution in [1.82, 2.24) is 5.32 Å². The zero-order valence-electron chi connectivity index (χ0n) is 18.0. The van der Waals surface area contributed by atoms with Gasteiger partial charge in [-0.1, -0.05) is 18.2 Å². The summed E-state index contributed by atoms with van der Waals surface area (Å²) in [5.74, 6) is -0.332. The van der Waals surface area contributed by atoms with Gasteiger partial charge in [0, 0.05) is 24.5 Å². The molecular formula is C24H31N3O2S. The van der Waals surface area contributed by atoms with Crippen molar-refractivity contribution in [3.05, 3.63) is 59.2 Å². The van der Waals surface area contributed by atoms with Crippen LogP contribution in [-0.2, 0) is 4.74 Å². The van der Waals surface area contributed by atoms with Gasteiger partial charge in [-0.3, -0.25) is 0 Å². The predicted octanol–water partition coefficient (Wildman–Crippen LogP) is 5.21. The highest BCUT2D eigenvalue weighted by atomic mass is 32.1.